The molecular formula is C25H29N7O2. The molecule has 0 amide bonds. The minimum Gasteiger partial charge on any atom is -0.507 e. The van der Waals surface area contributed by atoms with E-state index in [0.29, 0.717) is 17.7 Å². The smallest absolute Gasteiger partial charge is 0.227 e. The molecule has 0 bridgehead atoms. The van der Waals surface area contributed by atoms with E-state index in [4.69, 9.17) is 10.00 Å². The molecule has 0 aliphatic carbocycles. The number of likely N-dealkylation sites (tertiary alicyclic amines) is 1. The summed E-state index contributed by atoms with van der Waals surface area (Å²) in [7, 11) is 1.74. The van der Waals surface area contributed by atoms with Gasteiger partial charge in [0.15, 0.2) is 0 Å². The molecule has 0 radical (unpaired) electrons. The van der Waals surface area contributed by atoms with E-state index in [-0.39, 0.29) is 11.3 Å². The SMILES string of the molecule is C1CCNC1.COC1CN(Cc2ccc(Nc3nccc(-c4ccc(O)c(C#N)c4)n3)cn2)C1. The zero-order valence-corrected chi connectivity index (χ0v) is 19.2. The van der Waals surface area contributed by atoms with Crippen molar-refractivity contribution in [1.82, 2.24) is 25.2 Å². The van der Waals surface area contributed by atoms with Gasteiger partial charge in [0, 0.05) is 38.5 Å². The Kier molecular flexibility index (Phi) is 7.99. The summed E-state index contributed by atoms with van der Waals surface area (Å²) in [6, 6.07) is 12.4. The van der Waals surface area contributed by atoms with Crippen molar-refractivity contribution >= 4 is 11.6 Å². The molecule has 176 valence electrons. The molecule has 2 fully saturated rings. The van der Waals surface area contributed by atoms with Gasteiger partial charge in [-0.2, -0.15) is 5.26 Å². The third kappa shape index (κ3) is 6.26. The molecule has 9 nitrogen and oxygen atoms in total. The average Bonchev–Trinajstić information content (AvgIpc) is 3.43. The molecule has 2 aliphatic rings. The van der Waals surface area contributed by atoms with Gasteiger partial charge in [-0.15, -0.1) is 0 Å². The summed E-state index contributed by atoms with van der Waals surface area (Å²) in [4.78, 5) is 15.5. The maximum Gasteiger partial charge on any atom is 0.227 e. The minimum atomic E-state index is -0.0502. The second-order valence-corrected chi connectivity index (χ2v) is 8.28. The Morgan fingerprint density at radius 3 is 2.65 bits per heavy atom. The van der Waals surface area contributed by atoms with Crippen molar-refractivity contribution in [2.24, 2.45) is 0 Å². The molecule has 2 aromatic heterocycles. The van der Waals surface area contributed by atoms with E-state index < -0.39 is 0 Å². The Morgan fingerprint density at radius 1 is 1.18 bits per heavy atom. The van der Waals surface area contributed by atoms with Crippen LogP contribution in [0.25, 0.3) is 11.3 Å². The predicted molar refractivity (Wildman–Crippen MR) is 130 cm³/mol. The highest BCUT2D eigenvalue weighted by atomic mass is 16.5. The normalized spacial score (nSPS) is 15.6. The third-order valence-corrected chi connectivity index (χ3v) is 5.75. The highest BCUT2D eigenvalue weighted by Crippen LogP contribution is 2.25. The number of aromatic hydroxyl groups is 1. The molecular weight excluding hydrogens is 430 g/mol. The number of ether oxygens (including phenoxy) is 1. The number of hydrogen-bond acceptors (Lipinski definition) is 9. The number of anilines is 2. The quantitative estimate of drug-likeness (QED) is 0.511. The zero-order valence-electron chi connectivity index (χ0n) is 19.2. The maximum absolute atomic E-state index is 9.67. The van der Waals surface area contributed by atoms with Gasteiger partial charge in [0.2, 0.25) is 5.95 Å². The summed E-state index contributed by atoms with van der Waals surface area (Å²) < 4.78 is 5.29. The second kappa shape index (κ2) is 11.5. The number of rotatable bonds is 6. The van der Waals surface area contributed by atoms with Gasteiger partial charge >= 0.3 is 0 Å². The van der Waals surface area contributed by atoms with E-state index in [2.05, 4.69) is 30.5 Å². The molecule has 3 N–H and O–H groups in total. The molecule has 2 aliphatic heterocycles. The number of nitrogens with one attached hydrogen (secondary N) is 2. The lowest BCUT2D eigenvalue weighted by molar-refractivity contribution is -0.0339. The molecule has 0 spiro atoms. The van der Waals surface area contributed by atoms with Crippen molar-refractivity contribution in [2.45, 2.75) is 25.5 Å². The lowest BCUT2D eigenvalue weighted by Crippen LogP contribution is -2.51. The predicted octanol–water partition coefficient (Wildman–Crippen LogP) is 3.06. The Labute approximate surface area is 199 Å². The molecule has 0 unspecified atom stereocenters. The van der Waals surface area contributed by atoms with Crippen molar-refractivity contribution in [1.29, 1.82) is 5.26 Å². The van der Waals surface area contributed by atoms with Crippen molar-refractivity contribution in [3.8, 4) is 23.1 Å². The Hall–Kier alpha value is -3.58. The monoisotopic (exact) mass is 459 g/mol. The van der Waals surface area contributed by atoms with E-state index >= 15 is 0 Å². The van der Waals surface area contributed by atoms with Crippen LogP contribution in [0.3, 0.4) is 0 Å². The Balaban J connectivity index is 0.000000486. The Morgan fingerprint density at radius 2 is 2.00 bits per heavy atom. The number of nitriles is 1. The van der Waals surface area contributed by atoms with Crippen LogP contribution in [0.5, 0.6) is 5.75 Å². The summed E-state index contributed by atoms with van der Waals surface area (Å²) in [6.07, 6.45) is 6.51. The number of phenols is 1. The first kappa shape index (κ1) is 23.6. The summed E-state index contributed by atoms with van der Waals surface area (Å²) in [5, 5.41) is 25.1. The molecule has 0 saturated carbocycles. The van der Waals surface area contributed by atoms with Crippen LogP contribution < -0.4 is 10.6 Å². The van der Waals surface area contributed by atoms with E-state index in [1.807, 2.05) is 18.2 Å². The first-order valence-electron chi connectivity index (χ1n) is 11.4. The van der Waals surface area contributed by atoms with Crippen LogP contribution in [0.4, 0.5) is 11.6 Å². The van der Waals surface area contributed by atoms with Gasteiger partial charge in [0.05, 0.1) is 34.9 Å². The highest BCUT2D eigenvalue weighted by molar-refractivity contribution is 5.65. The van der Waals surface area contributed by atoms with Crippen LogP contribution in [0.2, 0.25) is 0 Å². The van der Waals surface area contributed by atoms with Gasteiger partial charge in [0.25, 0.3) is 0 Å². The fraction of sp³-hybridized carbons (Fsp3) is 0.360. The van der Waals surface area contributed by atoms with Crippen LogP contribution in [-0.2, 0) is 11.3 Å². The lowest BCUT2D eigenvalue weighted by Gasteiger charge is -2.37. The van der Waals surface area contributed by atoms with Gasteiger partial charge in [-0.1, -0.05) is 0 Å². The van der Waals surface area contributed by atoms with E-state index in [0.717, 1.165) is 36.6 Å². The van der Waals surface area contributed by atoms with Gasteiger partial charge in [0.1, 0.15) is 11.8 Å². The largest absolute Gasteiger partial charge is 0.507 e. The number of nitrogens with zero attached hydrogens (tertiary/aromatic N) is 5. The number of pyridine rings is 1. The molecule has 9 heteroatoms. The summed E-state index contributed by atoms with van der Waals surface area (Å²) >= 11 is 0. The van der Waals surface area contributed by atoms with Crippen molar-refractivity contribution in [3.63, 3.8) is 0 Å². The van der Waals surface area contributed by atoms with Crippen LogP contribution in [-0.4, -0.2) is 64.4 Å². The number of methoxy groups -OCH3 is 1. The Bertz CT molecular complexity index is 1110. The van der Waals surface area contributed by atoms with Crippen LogP contribution in [0.15, 0.2) is 48.8 Å². The highest BCUT2D eigenvalue weighted by Gasteiger charge is 2.26. The van der Waals surface area contributed by atoms with Gasteiger partial charge in [-0.25, -0.2) is 9.97 Å². The van der Waals surface area contributed by atoms with Crippen LogP contribution in [0.1, 0.15) is 24.1 Å². The van der Waals surface area contributed by atoms with E-state index in [1.165, 1.54) is 32.0 Å². The fourth-order valence-corrected chi connectivity index (χ4v) is 3.74. The molecule has 1 aromatic carbocycles. The van der Waals surface area contributed by atoms with Gasteiger partial charge in [-0.3, -0.25) is 9.88 Å². The van der Waals surface area contributed by atoms with Crippen molar-refractivity contribution in [2.75, 3.05) is 38.6 Å². The van der Waals surface area contributed by atoms with E-state index in [1.54, 1.807) is 37.7 Å². The minimum absolute atomic E-state index is 0.0502. The zero-order chi connectivity index (χ0) is 23.8. The van der Waals surface area contributed by atoms with Crippen molar-refractivity contribution in [3.05, 3.63) is 60.0 Å². The summed E-state index contributed by atoms with van der Waals surface area (Å²) in [5.41, 5.74) is 3.35. The standard InChI is InChI=1S/C21H20N6O2.C4H9N/c1-29-18-12-27(13-18)11-17-4-3-16(10-24-17)25-21-23-7-6-19(26-21)14-2-5-20(28)15(8-14)9-22;1-2-4-5-3-1/h2-8,10,18,28H,11-13H2,1H3,(H,23,25,26);5H,1-4H2. The second-order valence-electron chi connectivity index (χ2n) is 8.28. The molecule has 0 atom stereocenters. The van der Waals surface area contributed by atoms with Crippen LogP contribution >= 0.6 is 0 Å². The average molecular weight is 460 g/mol. The number of benzene rings is 1. The number of aromatic nitrogens is 3. The topological polar surface area (TPSA) is 119 Å². The van der Waals surface area contributed by atoms with Gasteiger partial charge < -0.3 is 20.5 Å². The molecule has 34 heavy (non-hydrogen) atoms. The number of hydrogen-bond donors (Lipinski definition) is 3. The van der Waals surface area contributed by atoms with E-state index in [9.17, 15) is 5.11 Å². The van der Waals surface area contributed by atoms with Crippen LogP contribution in [0, 0.1) is 11.3 Å². The van der Waals surface area contributed by atoms with Crippen molar-refractivity contribution < 1.29 is 9.84 Å². The summed E-state index contributed by atoms with van der Waals surface area (Å²) in [6.45, 7) is 5.17. The molecule has 5 rings (SSSR count). The third-order valence-electron chi connectivity index (χ3n) is 5.75. The first-order chi connectivity index (χ1) is 16.6. The maximum atomic E-state index is 9.67. The first-order valence-corrected chi connectivity index (χ1v) is 11.4. The molecule has 2 saturated heterocycles. The molecule has 3 aromatic rings. The number of phenolic OH excluding ortho intramolecular Hbond substituents is 1. The molecule has 4 heterocycles. The lowest BCUT2D eigenvalue weighted by atomic mass is 10.1. The van der Waals surface area contributed by atoms with Gasteiger partial charge in [-0.05, 0) is 62.3 Å². The summed E-state index contributed by atoms with van der Waals surface area (Å²) in [5.74, 6) is 0.375. The fourth-order valence-electron chi connectivity index (χ4n) is 3.74.